The first-order valence-corrected chi connectivity index (χ1v) is 12.5. The van der Waals surface area contributed by atoms with E-state index in [1.54, 1.807) is 6.08 Å². The van der Waals surface area contributed by atoms with Gasteiger partial charge in [0.05, 0.1) is 6.61 Å². The largest absolute Gasteiger partial charge is 0.469 e. The maximum absolute atomic E-state index is 10.6. The molecule has 4 nitrogen and oxygen atoms in total. The number of phosphoric acid groups is 1. The number of allylic oxidation sites excluding steroid dienone is 9. The van der Waals surface area contributed by atoms with Crippen molar-refractivity contribution < 1.29 is 18.9 Å². The molecule has 0 rings (SSSR count). The van der Waals surface area contributed by atoms with Gasteiger partial charge in [-0.05, 0) is 92.9 Å². The Bertz CT molecular complexity index is 686. The Kier molecular flexibility index (Phi) is 15.8. The van der Waals surface area contributed by atoms with Crippen molar-refractivity contribution in [2.75, 3.05) is 6.61 Å². The Labute approximate surface area is 184 Å². The Morgan fingerprint density at radius 3 is 1.30 bits per heavy atom. The smallest absolute Gasteiger partial charge is 0.303 e. The average Bonchev–Trinajstić information content (AvgIpc) is 2.60. The molecule has 2 N–H and O–H groups in total. The fourth-order valence-corrected chi connectivity index (χ4v) is 3.18. The molecule has 172 valence electrons. The third kappa shape index (κ3) is 20.1. The molecule has 0 atom stereocenters. The molecule has 30 heavy (non-hydrogen) atoms. The molecule has 0 unspecified atom stereocenters. The van der Waals surface area contributed by atoms with Gasteiger partial charge >= 0.3 is 7.82 Å². The van der Waals surface area contributed by atoms with E-state index in [9.17, 15) is 4.57 Å². The molecule has 0 aromatic carbocycles. The van der Waals surface area contributed by atoms with E-state index in [1.165, 1.54) is 22.3 Å². The summed E-state index contributed by atoms with van der Waals surface area (Å²) in [6, 6.07) is 0. The van der Waals surface area contributed by atoms with E-state index in [4.69, 9.17) is 9.79 Å². The summed E-state index contributed by atoms with van der Waals surface area (Å²) in [5, 5.41) is 0. The van der Waals surface area contributed by atoms with E-state index in [0.29, 0.717) is 0 Å². The second kappa shape index (κ2) is 16.5. The monoisotopic (exact) mass is 438 g/mol. The second-order valence-electron chi connectivity index (χ2n) is 8.42. The van der Waals surface area contributed by atoms with Gasteiger partial charge in [-0.3, -0.25) is 4.52 Å². The average molecular weight is 439 g/mol. The highest BCUT2D eigenvalue weighted by Gasteiger charge is 2.11. The van der Waals surface area contributed by atoms with Gasteiger partial charge in [0.2, 0.25) is 0 Å². The minimum absolute atomic E-state index is 0.0486. The van der Waals surface area contributed by atoms with Crippen molar-refractivity contribution in [3.8, 4) is 0 Å². The van der Waals surface area contributed by atoms with Gasteiger partial charge in [0.15, 0.2) is 0 Å². The van der Waals surface area contributed by atoms with Crippen LogP contribution in [0.2, 0.25) is 0 Å². The van der Waals surface area contributed by atoms with Crippen LogP contribution in [0.5, 0.6) is 0 Å². The van der Waals surface area contributed by atoms with Crippen molar-refractivity contribution in [2.24, 2.45) is 0 Å². The van der Waals surface area contributed by atoms with E-state index in [0.717, 1.165) is 56.9 Å². The van der Waals surface area contributed by atoms with E-state index in [1.807, 2.05) is 6.92 Å². The molecule has 0 radical (unpaired) electrons. The van der Waals surface area contributed by atoms with Gasteiger partial charge in [0.1, 0.15) is 0 Å². The minimum Gasteiger partial charge on any atom is -0.303 e. The van der Waals surface area contributed by atoms with Crippen LogP contribution in [0, 0.1) is 0 Å². The van der Waals surface area contributed by atoms with Crippen molar-refractivity contribution in [3.05, 3.63) is 58.2 Å². The highest BCUT2D eigenvalue weighted by atomic mass is 31.2. The summed E-state index contributed by atoms with van der Waals surface area (Å²) in [7, 11) is -4.37. The Morgan fingerprint density at radius 2 is 0.967 bits per heavy atom. The normalized spacial score (nSPS) is 14.3. The lowest BCUT2D eigenvalue weighted by Gasteiger charge is -2.04. The molecule has 0 aliphatic carbocycles. The fraction of sp³-hybridized carbons (Fsp3) is 0.600. The molecule has 0 aliphatic heterocycles. The third-order valence-corrected chi connectivity index (χ3v) is 5.35. The molecule has 0 fully saturated rings. The molecule has 0 bridgehead atoms. The van der Waals surface area contributed by atoms with Crippen LogP contribution in [0.4, 0.5) is 0 Å². The maximum atomic E-state index is 10.6. The fourth-order valence-electron chi connectivity index (χ4n) is 2.91. The van der Waals surface area contributed by atoms with Crippen molar-refractivity contribution in [3.63, 3.8) is 0 Å². The van der Waals surface area contributed by atoms with E-state index >= 15 is 0 Å². The van der Waals surface area contributed by atoms with Crippen molar-refractivity contribution in [1.29, 1.82) is 0 Å². The Balaban J connectivity index is 4.10. The molecule has 0 saturated carbocycles. The van der Waals surface area contributed by atoms with Crippen LogP contribution < -0.4 is 0 Å². The van der Waals surface area contributed by atoms with Crippen LogP contribution in [-0.2, 0) is 9.09 Å². The summed E-state index contributed by atoms with van der Waals surface area (Å²) < 4.78 is 15.1. The molecule has 0 heterocycles. The van der Waals surface area contributed by atoms with Crippen LogP contribution in [-0.4, -0.2) is 16.4 Å². The van der Waals surface area contributed by atoms with Gasteiger partial charge in [-0.15, -0.1) is 0 Å². The second-order valence-corrected chi connectivity index (χ2v) is 9.66. The van der Waals surface area contributed by atoms with E-state index < -0.39 is 7.82 Å². The zero-order valence-corrected chi connectivity index (χ0v) is 20.8. The van der Waals surface area contributed by atoms with Gasteiger partial charge in [0, 0.05) is 0 Å². The summed E-state index contributed by atoms with van der Waals surface area (Å²) in [5.74, 6) is 0. The minimum atomic E-state index is -4.37. The van der Waals surface area contributed by atoms with Crippen molar-refractivity contribution >= 4 is 7.82 Å². The molecule has 0 aromatic rings. The summed E-state index contributed by atoms with van der Waals surface area (Å²) in [6.45, 7) is 12.8. The number of rotatable bonds is 15. The molecule has 0 spiro atoms. The lowest BCUT2D eigenvalue weighted by Crippen LogP contribution is -1.89. The number of phosphoric ester groups is 1. The zero-order chi connectivity index (χ0) is 23.0. The molecular formula is C25H43O4P. The first-order valence-electron chi connectivity index (χ1n) is 11.0. The maximum Gasteiger partial charge on any atom is 0.469 e. The summed E-state index contributed by atoms with van der Waals surface area (Å²) in [5.41, 5.74) is 6.79. The predicted octanol–water partition coefficient (Wildman–Crippen LogP) is 7.97. The summed E-state index contributed by atoms with van der Waals surface area (Å²) in [4.78, 5) is 17.3. The standard InChI is InChI=1S/C25H43O4P/c1-21(2)11-7-12-22(3)13-8-14-23(4)15-9-16-24(5)17-10-18-25(6)19-20-29-30(26,27)28/h11,13,15,17,19H,7-10,12,14,16,18,20H2,1-6H3,(H2,26,27,28)/b22-13+,23-15?,24-17?,25-19?. The summed E-state index contributed by atoms with van der Waals surface area (Å²) in [6.07, 6.45) is 19.5. The van der Waals surface area contributed by atoms with Gasteiger partial charge in [-0.2, -0.15) is 0 Å². The van der Waals surface area contributed by atoms with E-state index in [-0.39, 0.29) is 6.61 Å². The molecule has 0 aliphatic rings. The Morgan fingerprint density at radius 1 is 0.633 bits per heavy atom. The van der Waals surface area contributed by atoms with Crippen molar-refractivity contribution in [1.82, 2.24) is 0 Å². The van der Waals surface area contributed by atoms with Crippen molar-refractivity contribution in [2.45, 2.75) is 92.9 Å². The first kappa shape index (κ1) is 28.8. The van der Waals surface area contributed by atoms with Gasteiger partial charge < -0.3 is 9.79 Å². The summed E-state index contributed by atoms with van der Waals surface area (Å²) >= 11 is 0. The third-order valence-electron chi connectivity index (χ3n) is 4.86. The highest BCUT2D eigenvalue weighted by molar-refractivity contribution is 7.46. The predicted molar refractivity (Wildman–Crippen MR) is 129 cm³/mol. The quantitative estimate of drug-likeness (QED) is 0.201. The van der Waals surface area contributed by atoms with Crippen LogP contribution in [0.25, 0.3) is 0 Å². The van der Waals surface area contributed by atoms with E-state index in [2.05, 4.69) is 63.4 Å². The SMILES string of the molecule is CC(C)=CCC/C(C)=C/CCC(C)=CCCC(C)=CCCC(C)=CCOP(=O)(O)O. The van der Waals surface area contributed by atoms with Gasteiger partial charge in [-0.25, -0.2) is 4.57 Å². The van der Waals surface area contributed by atoms with Gasteiger partial charge in [0.25, 0.3) is 0 Å². The molecular weight excluding hydrogens is 395 g/mol. The molecule has 0 saturated heterocycles. The number of hydrogen-bond donors (Lipinski definition) is 2. The van der Waals surface area contributed by atoms with Gasteiger partial charge in [-0.1, -0.05) is 58.2 Å². The lowest BCUT2D eigenvalue weighted by atomic mass is 10.0. The van der Waals surface area contributed by atoms with Crippen LogP contribution in [0.15, 0.2) is 58.2 Å². The van der Waals surface area contributed by atoms with Crippen LogP contribution in [0.3, 0.4) is 0 Å². The number of hydrogen-bond acceptors (Lipinski definition) is 2. The first-order chi connectivity index (χ1) is 14.0. The lowest BCUT2D eigenvalue weighted by molar-refractivity contribution is 0.215. The molecule has 0 amide bonds. The molecule has 5 heteroatoms. The Hall–Kier alpha value is -1.19. The van der Waals surface area contributed by atoms with Crippen LogP contribution >= 0.6 is 7.82 Å². The highest BCUT2D eigenvalue weighted by Crippen LogP contribution is 2.35. The topological polar surface area (TPSA) is 66.8 Å². The van der Waals surface area contributed by atoms with Crippen LogP contribution in [0.1, 0.15) is 92.9 Å². The zero-order valence-electron chi connectivity index (χ0n) is 19.9. The molecule has 0 aromatic heterocycles.